The van der Waals surface area contributed by atoms with Crippen molar-refractivity contribution in [1.82, 2.24) is 9.88 Å². The Hall–Kier alpha value is -3.16. The van der Waals surface area contributed by atoms with Crippen LogP contribution in [0.15, 0.2) is 60.0 Å². The van der Waals surface area contributed by atoms with E-state index in [1.165, 1.54) is 86.4 Å². The van der Waals surface area contributed by atoms with Gasteiger partial charge in [0.25, 0.3) is 0 Å². The summed E-state index contributed by atoms with van der Waals surface area (Å²) in [5.41, 5.74) is 2.16. The van der Waals surface area contributed by atoms with E-state index in [0.29, 0.717) is 18.9 Å². The van der Waals surface area contributed by atoms with Gasteiger partial charge in [-0.2, -0.15) is 0 Å². The van der Waals surface area contributed by atoms with Crippen LogP contribution in [0.4, 0.5) is 5.69 Å². The molecule has 260 valence electrons. The molecule has 7 heteroatoms. The first-order chi connectivity index (χ1) is 23.7. The van der Waals surface area contributed by atoms with E-state index in [1.54, 1.807) is 6.07 Å². The van der Waals surface area contributed by atoms with Crippen LogP contribution in [0.2, 0.25) is 0 Å². The summed E-state index contributed by atoms with van der Waals surface area (Å²) in [5.74, 6) is 0.978. The Morgan fingerprint density at radius 3 is 2.23 bits per heavy atom. The van der Waals surface area contributed by atoms with Gasteiger partial charge in [-0.1, -0.05) is 90.0 Å². The minimum absolute atomic E-state index is 0.196. The molecule has 2 aromatic carbocycles. The molecule has 1 aliphatic heterocycles. The van der Waals surface area contributed by atoms with Crippen LogP contribution in [0.1, 0.15) is 110 Å². The van der Waals surface area contributed by atoms with Crippen molar-refractivity contribution >= 4 is 44.0 Å². The first-order valence-corrected chi connectivity index (χ1v) is 19.8. The summed E-state index contributed by atoms with van der Waals surface area (Å²) in [4.78, 5) is 22.2. The van der Waals surface area contributed by atoms with Crippen LogP contribution >= 0.6 is 11.3 Å². The fourth-order valence-electron chi connectivity index (χ4n) is 6.77. The Morgan fingerprint density at radius 2 is 1.48 bits per heavy atom. The van der Waals surface area contributed by atoms with E-state index in [9.17, 15) is 4.79 Å². The van der Waals surface area contributed by atoms with Crippen molar-refractivity contribution in [1.29, 1.82) is 0 Å². The Morgan fingerprint density at radius 1 is 0.771 bits per heavy atom. The van der Waals surface area contributed by atoms with E-state index in [4.69, 9.17) is 9.47 Å². The van der Waals surface area contributed by atoms with E-state index in [0.717, 1.165) is 75.1 Å². The largest absolute Gasteiger partial charge is 0.494 e. The predicted octanol–water partition coefficient (Wildman–Crippen LogP) is 10.8. The molecule has 0 atom stereocenters. The average Bonchev–Trinajstić information content (AvgIpc) is 3.60. The van der Waals surface area contributed by atoms with E-state index >= 15 is 0 Å². The molecule has 0 amide bonds. The molecule has 1 saturated heterocycles. The van der Waals surface area contributed by atoms with E-state index in [2.05, 4.69) is 51.4 Å². The van der Waals surface area contributed by atoms with Crippen molar-refractivity contribution in [3.63, 3.8) is 0 Å². The number of unbranched alkanes of at least 4 members (excludes halogenated alkanes) is 13. The lowest BCUT2D eigenvalue weighted by molar-refractivity contribution is -0.134. The molecule has 0 aliphatic carbocycles. The zero-order valence-electron chi connectivity index (χ0n) is 29.3. The van der Waals surface area contributed by atoms with Crippen molar-refractivity contribution < 1.29 is 14.3 Å². The fraction of sp³-hybridized carbons (Fsp3) is 0.561. The number of thiophene rings is 1. The monoisotopic (exact) mass is 671 g/mol. The molecule has 1 fully saturated rings. The SMILES string of the molecule is CCCCCCCCCCCCCCCC(=O)Oc1ccc2ccc(OCCCCN3CCN(c4cccc5sccc45)CC3)cc2n1. The van der Waals surface area contributed by atoms with Gasteiger partial charge in [-0.3, -0.25) is 9.69 Å². The van der Waals surface area contributed by atoms with Crippen LogP contribution < -0.4 is 14.4 Å². The third-order valence-corrected chi connectivity index (χ3v) is 10.5. The number of aromatic nitrogens is 1. The van der Waals surface area contributed by atoms with E-state index < -0.39 is 0 Å². The number of rotatable bonds is 22. The lowest BCUT2D eigenvalue weighted by Gasteiger charge is -2.36. The number of nitrogens with zero attached hydrogens (tertiary/aromatic N) is 3. The maximum Gasteiger partial charge on any atom is 0.312 e. The molecule has 0 spiro atoms. The Kier molecular flexibility index (Phi) is 15.3. The number of carbonyl (C=O) groups excluding carboxylic acids is 1. The number of benzene rings is 2. The summed E-state index contributed by atoms with van der Waals surface area (Å²) >= 11 is 1.82. The molecule has 0 bridgehead atoms. The Labute approximate surface area is 292 Å². The number of anilines is 1. The number of fused-ring (bicyclic) bond motifs is 2. The third-order valence-electron chi connectivity index (χ3n) is 9.66. The molecule has 5 rings (SSSR count). The molecular formula is C41H57N3O3S. The van der Waals surface area contributed by atoms with Gasteiger partial charge in [0.05, 0.1) is 12.1 Å². The van der Waals surface area contributed by atoms with Crippen LogP contribution in [0, 0.1) is 0 Å². The Balaban J connectivity index is 0.917. The number of esters is 1. The average molecular weight is 672 g/mol. The molecule has 3 heterocycles. The van der Waals surface area contributed by atoms with E-state index in [-0.39, 0.29) is 5.97 Å². The minimum Gasteiger partial charge on any atom is -0.494 e. The second-order valence-corrected chi connectivity index (χ2v) is 14.4. The van der Waals surface area contributed by atoms with Crippen molar-refractivity contribution in [3.05, 3.63) is 60.0 Å². The second kappa shape index (κ2) is 20.4. The quantitative estimate of drug-likeness (QED) is 0.0612. The number of hydrogen-bond acceptors (Lipinski definition) is 7. The van der Waals surface area contributed by atoms with Gasteiger partial charge < -0.3 is 14.4 Å². The van der Waals surface area contributed by atoms with Crippen LogP contribution in [0.5, 0.6) is 11.6 Å². The molecule has 0 unspecified atom stereocenters. The first kappa shape index (κ1) is 36.1. The van der Waals surface area contributed by atoms with Crippen LogP contribution in [0.3, 0.4) is 0 Å². The van der Waals surface area contributed by atoms with Gasteiger partial charge >= 0.3 is 5.97 Å². The normalized spacial score (nSPS) is 13.8. The highest BCUT2D eigenvalue weighted by Gasteiger charge is 2.18. The maximum atomic E-state index is 12.5. The van der Waals surface area contributed by atoms with Gasteiger partial charge in [0, 0.05) is 65.9 Å². The first-order valence-electron chi connectivity index (χ1n) is 18.9. The molecule has 0 N–H and O–H groups in total. The van der Waals surface area contributed by atoms with Crippen molar-refractivity contribution in [3.8, 4) is 11.6 Å². The van der Waals surface area contributed by atoms with Gasteiger partial charge in [-0.25, -0.2) is 4.98 Å². The van der Waals surface area contributed by atoms with Crippen LogP contribution in [-0.2, 0) is 4.79 Å². The topological polar surface area (TPSA) is 54.9 Å². The van der Waals surface area contributed by atoms with Gasteiger partial charge in [0.1, 0.15) is 5.75 Å². The highest BCUT2D eigenvalue weighted by atomic mass is 32.1. The summed E-state index contributed by atoms with van der Waals surface area (Å²) in [6, 6.07) is 18.6. The van der Waals surface area contributed by atoms with Crippen LogP contribution in [-0.4, -0.2) is 55.2 Å². The minimum atomic E-state index is -0.196. The lowest BCUT2D eigenvalue weighted by atomic mass is 10.0. The summed E-state index contributed by atoms with van der Waals surface area (Å²) < 4.78 is 13.1. The molecule has 2 aromatic heterocycles. The van der Waals surface area contributed by atoms with Crippen LogP contribution in [0.25, 0.3) is 21.0 Å². The number of pyridine rings is 1. The Bertz CT molecular complexity index is 1510. The summed E-state index contributed by atoms with van der Waals surface area (Å²) in [7, 11) is 0. The zero-order chi connectivity index (χ0) is 33.2. The summed E-state index contributed by atoms with van der Waals surface area (Å²) in [6.07, 6.45) is 19.4. The molecule has 6 nitrogen and oxygen atoms in total. The van der Waals surface area contributed by atoms with Gasteiger partial charge in [0.2, 0.25) is 5.88 Å². The highest BCUT2D eigenvalue weighted by molar-refractivity contribution is 7.17. The molecule has 0 saturated carbocycles. The van der Waals surface area contributed by atoms with Crippen molar-refractivity contribution in [2.24, 2.45) is 0 Å². The van der Waals surface area contributed by atoms with Gasteiger partial charge in [0.15, 0.2) is 0 Å². The zero-order valence-corrected chi connectivity index (χ0v) is 30.1. The van der Waals surface area contributed by atoms with E-state index in [1.807, 2.05) is 35.6 Å². The number of ether oxygens (including phenoxy) is 2. The maximum absolute atomic E-state index is 12.5. The fourth-order valence-corrected chi connectivity index (χ4v) is 7.58. The molecule has 4 aromatic rings. The standard InChI is InChI=1S/C41H57N3O3S/c1-2-3-4-5-6-7-8-9-10-11-12-13-14-20-41(45)47-40-24-22-34-21-23-35(33-37(34)42-40)46-31-16-15-26-43-27-29-44(30-28-43)38-18-17-19-39-36(38)25-32-48-39/h17-19,21-25,32-33H,2-16,20,26-31H2,1H3. The molecular weight excluding hydrogens is 615 g/mol. The van der Waals surface area contributed by atoms with Gasteiger partial charge in [-0.05, 0) is 67.6 Å². The molecule has 0 radical (unpaired) electrons. The molecule has 48 heavy (non-hydrogen) atoms. The predicted molar refractivity (Wildman–Crippen MR) is 203 cm³/mol. The number of carbonyl (C=O) groups is 1. The number of piperazine rings is 1. The van der Waals surface area contributed by atoms with Crippen molar-refractivity contribution in [2.75, 3.05) is 44.2 Å². The summed E-state index contributed by atoms with van der Waals surface area (Å²) in [5, 5.41) is 4.58. The summed E-state index contributed by atoms with van der Waals surface area (Å²) in [6.45, 7) is 8.41. The highest BCUT2D eigenvalue weighted by Crippen LogP contribution is 2.31. The number of hydrogen-bond donors (Lipinski definition) is 0. The molecule has 1 aliphatic rings. The smallest absolute Gasteiger partial charge is 0.312 e. The lowest BCUT2D eigenvalue weighted by Crippen LogP contribution is -2.46. The third kappa shape index (κ3) is 11.8. The van der Waals surface area contributed by atoms with Crippen molar-refractivity contribution in [2.45, 2.75) is 110 Å². The second-order valence-electron chi connectivity index (χ2n) is 13.5. The van der Waals surface area contributed by atoms with Gasteiger partial charge in [-0.15, -0.1) is 11.3 Å².